The van der Waals surface area contributed by atoms with Crippen molar-refractivity contribution in [2.45, 2.75) is 32.9 Å². The second-order valence-corrected chi connectivity index (χ2v) is 5.11. The molecule has 2 nitrogen and oxygen atoms in total. The highest BCUT2D eigenvalue weighted by Crippen LogP contribution is 2.32. The highest BCUT2D eigenvalue weighted by molar-refractivity contribution is 5.67. The highest BCUT2D eigenvalue weighted by atomic mass is 19.4. The zero-order valence-electron chi connectivity index (χ0n) is 10.2. The van der Waals surface area contributed by atoms with Crippen LogP contribution >= 0.6 is 0 Å². The zero-order valence-corrected chi connectivity index (χ0v) is 10.2. The summed E-state index contributed by atoms with van der Waals surface area (Å²) in [6.07, 6.45) is -4.15. The van der Waals surface area contributed by atoms with Crippen LogP contribution in [-0.4, -0.2) is 11.1 Å². The number of benzene rings is 1. The Labute approximate surface area is 103 Å². The first kappa shape index (κ1) is 14.5. The number of carboxylic acids is 1. The maximum Gasteiger partial charge on any atom is 0.416 e. The Balaban J connectivity index is 2.89. The molecule has 5 heteroatoms. The Morgan fingerprint density at radius 3 is 2.39 bits per heavy atom. The number of halogens is 3. The van der Waals surface area contributed by atoms with Crippen LogP contribution in [0.1, 0.15) is 31.4 Å². The summed E-state index contributed by atoms with van der Waals surface area (Å²) < 4.78 is 37.6. The van der Waals surface area contributed by atoms with Gasteiger partial charge in [0.1, 0.15) is 0 Å². The second kappa shape index (κ2) is 5.00. The summed E-state index contributed by atoms with van der Waals surface area (Å²) in [5, 5.41) is 8.73. The Morgan fingerprint density at radius 1 is 1.28 bits per heavy atom. The van der Waals surface area contributed by atoms with E-state index in [0.717, 1.165) is 12.1 Å². The van der Waals surface area contributed by atoms with Crippen LogP contribution in [0.3, 0.4) is 0 Å². The van der Waals surface area contributed by atoms with Gasteiger partial charge in [-0.05, 0) is 23.5 Å². The summed E-state index contributed by atoms with van der Waals surface area (Å²) in [6, 6.07) is 5.01. The molecule has 0 aliphatic rings. The lowest BCUT2D eigenvalue weighted by molar-refractivity contribution is -0.139. The summed E-state index contributed by atoms with van der Waals surface area (Å²) in [5.41, 5.74) is -0.780. The second-order valence-electron chi connectivity index (χ2n) is 5.11. The molecule has 1 N–H and O–H groups in total. The first-order valence-electron chi connectivity index (χ1n) is 5.48. The zero-order chi connectivity index (χ0) is 14.0. The van der Waals surface area contributed by atoms with Gasteiger partial charge in [0.25, 0.3) is 0 Å². The lowest BCUT2D eigenvalue weighted by atomic mass is 9.82. The molecule has 1 aromatic carbocycles. The van der Waals surface area contributed by atoms with Crippen LogP contribution in [0.15, 0.2) is 24.3 Å². The van der Waals surface area contributed by atoms with Crippen LogP contribution in [0.25, 0.3) is 0 Å². The van der Waals surface area contributed by atoms with E-state index in [1.165, 1.54) is 6.07 Å². The maximum absolute atomic E-state index is 12.5. The van der Waals surface area contributed by atoms with Crippen molar-refractivity contribution in [3.05, 3.63) is 35.4 Å². The lowest BCUT2D eigenvalue weighted by Crippen LogP contribution is -2.20. The van der Waals surface area contributed by atoms with Gasteiger partial charge in [0.05, 0.1) is 12.0 Å². The van der Waals surface area contributed by atoms with E-state index < -0.39 is 23.1 Å². The molecule has 100 valence electrons. The minimum atomic E-state index is -4.37. The molecule has 0 spiro atoms. The molecule has 0 aliphatic heterocycles. The lowest BCUT2D eigenvalue weighted by Gasteiger charge is -2.22. The Morgan fingerprint density at radius 2 is 1.89 bits per heavy atom. The van der Waals surface area contributed by atoms with Gasteiger partial charge in [0, 0.05) is 0 Å². The predicted octanol–water partition coefficient (Wildman–Crippen LogP) is 3.75. The normalized spacial score (nSPS) is 12.5. The number of alkyl halides is 3. The third-order valence-corrected chi connectivity index (χ3v) is 2.57. The first-order valence-corrected chi connectivity index (χ1v) is 5.48. The van der Waals surface area contributed by atoms with Gasteiger partial charge in [0.2, 0.25) is 0 Å². The molecule has 0 heterocycles. The van der Waals surface area contributed by atoms with Crippen molar-refractivity contribution in [1.29, 1.82) is 0 Å². The first-order chi connectivity index (χ1) is 8.10. The molecule has 1 aromatic rings. The van der Waals surface area contributed by atoms with Gasteiger partial charge in [-0.3, -0.25) is 4.79 Å². The predicted molar refractivity (Wildman–Crippen MR) is 61.2 cm³/mol. The molecule has 0 aliphatic carbocycles. The maximum atomic E-state index is 12.5. The van der Waals surface area contributed by atoms with Crippen molar-refractivity contribution in [1.82, 2.24) is 0 Å². The van der Waals surface area contributed by atoms with E-state index >= 15 is 0 Å². The van der Waals surface area contributed by atoms with Crippen molar-refractivity contribution in [2.75, 3.05) is 0 Å². The van der Waals surface area contributed by atoms with Crippen LogP contribution in [0.5, 0.6) is 0 Å². The van der Waals surface area contributed by atoms with Gasteiger partial charge >= 0.3 is 12.1 Å². The molecule has 0 fully saturated rings. The molecule has 0 atom stereocenters. The molecule has 0 radical (unpaired) electrons. The van der Waals surface area contributed by atoms with E-state index in [1.54, 1.807) is 19.9 Å². The van der Waals surface area contributed by atoms with Crippen LogP contribution in [0, 0.1) is 5.41 Å². The standard InChI is InChI=1S/C13H15F3O2/c1-12(2,8-11(17)18)7-9-4-3-5-10(6-9)13(14,15)16/h3-6H,7-8H2,1-2H3,(H,17,18). The third-order valence-electron chi connectivity index (χ3n) is 2.57. The Kier molecular flexibility index (Phi) is 4.04. The van der Waals surface area contributed by atoms with Crippen LogP contribution in [0.4, 0.5) is 13.2 Å². The molecular weight excluding hydrogens is 245 g/mol. The average molecular weight is 260 g/mol. The van der Waals surface area contributed by atoms with Gasteiger partial charge in [-0.1, -0.05) is 32.0 Å². The molecule has 0 saturated heterocycles. The molecule has 0 amide bonds. The highest BCUT2D eigenvalue weighted by Gasteiger charge is 2.31. The van der Waals surface area contributed by atoms with Crippen molar-refractivity contribution in [2.24, 2.45) is 5.41 Å². The van der Waals surface area contributed by atoms with Crippen molar-refractivity contribution in [3.8, 4) is 0 Å². The molecule has 0 saturated carbocycles. The molecule has 18 heavy (non-hydrogen) atoms. The number of hydrogen-bond acceptors (Lipinski definition) is 1. The third kappa shape index (κ3) is 4.39. The van der Waals surface area contributed by atoms with E-state index in [1.807, 2.05) is 0 Å². The van der Waals surface area contributed by atoms with Crippen LogP contribution in [0.2, 0.25) is 0 Å². The van der Waals surface area contributed by atoms with Gasteiger partial charge in [-0.2, -0.15) is 13.2 Å². The summed E-state index contributed by atoms with van der Waals surface area (Å²) in [7, 11) is 0. The Hall–Kier alpha value is -1.52. The average Bonchev–Trinajstić information content (AvgIpc) is 2.13. The van der Waals surface area contributed by atoms with E-state index in [-0.39, 0.29) is 6.42 Å². The fourth-order valence-electron chi connectivity index (χ4n) is 1.88. The molecular formula is C13H15F3O2. The van der Waals surface area contributed by atoms with Gasteiger partial charge in [-0.25, -0.2) is 0 Å². The van der Waals surface area contributed by atoms with Crippen LogP contribution < -0.4 is 0 Å². The van der Waals surface area contributed by atoms with E-state index in [4.69, 9.17) is 5.11 Å². The smallest absolute Gasteiger partial charge is 0.416 e. The monoisotopic (exact) mass is 260 g/mol. The molecule has 0 bridgehead atoms. The summed E-state index contributed by atoms with van der Waals surface area (Å²) in [4.78, 5) is 10.7. The summed E-state index contributed by atoms with van der Waals surface area (Å²) >= 11 is 0. The molecule has 0 aromatic heterocycles. The van der Waals surface area contributed by atoms with Gasteiger partial charge < -0.3 is 5.11 Å². The SMILES string of the molecule is CC(C)(CC(=O)O)Cc1cccc(C(F)(F)F)c1. The van der Waals surface area contributed by atoms with Gasteiger partial charge in [0.15, 0.2) is 0 Å². The molecule has 0 unspecified atom stereocenters. The summed E-state index contributed by atoms with van der Waals surface area (Å²) in [5.74, 6) is -0.952. The summed E-state index contributed by atoms with van der Waals surface area (Å²) in [6.45, 7) is 3.45. The number of rotatable bonds is 4. The minimum Gasteiger partial charge on any atom is -0.481 e. The largest absolute Gasteiger partial charge is 0.481 e. The number of hydrogen-bond donors (Lipinski definition) is 1. The van der Waals surface area contributed by atoms with E-state index in [2.05, 4.69) is 0 Å². The minimum absolute atomic E-state index is 0.0801. The van der Waals surface area contributed by atoms with Gasteiger partial charge in [-0.15, -0.1) is 0 Å². The fourth-order valence-corrected chi connectivity index (χ4v) is 1.88. The number of aliphatic carboxylic acids is 1. The van der Waals surface area contributed by atoms with E-state index in [0.29, 0.717) is 12.0 Å². The van der Waals surface area contributed by atoms with Crippen molar-refractivity contribution < 1.29 is 23.1 Å². The quantitative estimate of drug-likeness (QED) is 0.895. The number of carboxylic acid groups (broad SMARTS) is 1. The molecule has 1 rings (SSSR count). The number of carbonyl (C=O) groups is 1. The van der Waals surface area contributed by atoms with Crippen molar-refractivity contribution in [3.63, 3.8) is 0 Å². The van der Waals surface area contributed by atoms with Crippen molar-refractivity contribution >= 4 is 5.97 Å². The Bertz CT molecular complexity index is 436. The van der Waals surface area contributed by atoms with E-state index in [9.17, 15) is 18.0 Å². The topological polar surface area (TPSA) is 37.3 Å². The van der Waals surface area contributed by atoms with Crippen LogP contribution in [-0.2, 0) is 17.4 Å². The fraction of sp³-hybridized carbons (Fsp3) is 0.462.